The molecule has 0 aliphatic carbocycles. The lowest BCUT2D eigenvalue weighted by Crippen LogP contribution is -2.25. The van der Waals surface area contributed by atoms with Crippen molar-refractivity contribution in [3.63, 3.8) is 0 Å². The minimum absolute atomic E-state index is 0.624. The number of nitrogens with one attached hydrogen (secondary N) is 1. The molecule has 0 radical (unpaired) electrons. The number of fused-ring (bicyclic) bond motifs is 1. The van der Waals surface area contributed by atoms with Gasteiger partial charge in [0.1, 0.15) is 0 Å². The molecule has 1 atom stereocenters. The molecule has 0 fully saturated rings. The Kier molecular flexibility index (Phi) is 3.69. The number of rotatable bonds is 5. The van der Waals surface area contributed by atoms with E-state index < -0.39 is 0 Å². The first-order chi connectivity index (χ1) is 8.22. The standard InChI is InChI=1S/C14H21N3/c1-11(7-8-15)10-17(2)14-9-16-13-6-4-3-5-12(13)14/h3-6,9,11,16H,7-8,10,15H2,1-2H3. The number of para-hydroxylation sites is 1. The van der Waals surface area contributed by atoms with Crippen LogP contribution in [0.25, 0.3) is 10.9 Å². The molecule has 1 aromatic heterocycles. The predicted molar refractivity (Wildman–Crippen MR) is 74.4 cm³/mol. The molecule has 1 aromatic carbocycles. The van der Waals surface area contributed by atoms with Gasteiger partial charge in [0.25, 0.3) is 0 Å². The lowest BCUT2D eigenvalue weighted by molar-refractivity contribution is 0.540. The van der Waals surface area contributed by atoms with E-state index >= 15 is 0 Å². The first-order valence-electron chi connectivity index (χ1n) is 6.19. The lowest BCUT2D eigenvalue weighted by atomic mass is 10.1. The van der Waals surface area contributed by atoms with Crippen LogP contribution >= 0.6 is 0 Å². The van der Waals surface area contributed by atoms with E-state index in [-0.39, 0.29) is 0 Å². The number of anilines is 1. The highest BCUT2D eigenvalue weighted by molar-refractivity contribution is 5.92. The van der Waals surface area contributed by atoms with E-state index in [0.29, 0.717) is 5.92 Å². The normalized spacial score (nSPS) is 12.9. The topological polar surface area (TPSA) is 45.0 Å². The molecule has 0 amide bonds. The van der Waals surface area contributed by atoms with E-state index in [9.17, 15) is 0 Å². The number of hydrogen-bond donors (Lipinski definition) is 2. The Hall–Kier alpha value is -1.48. The van der Waals surface area contributed by atoms with Crippen LogP contribution in [0.15, 0.2) is 30.5 Å². The van der Waals surface area contributed by atoms with E-state index in [0.717, 1.165) is 19.5 Å². The summed E-state index contributed by atoms with van der Waals surface area (Å²) in [7, 11) is 2.14. The summed E-state index contributed by atoms with van der Waals surface area (Å²) in [5.41, 5.74) is 8.05. The first-order valence-corrected chi connectivity index (χ1v) is 6.19. The van der Waals surface area contributed by atoms with Crippen LogP contribution in [0.4, 0.5) is 5.69 Å². The Morgan fingerprint density at radius 1 is 1.35 bits per heavy atom. The summed E-state index contributed by atoms with van der Waals surface area (Å²) >= 11 is 0. The van der Waals surface area contributed by atoms with Crippen molar-refractivity contribution in [2.75, 3.05) is 25.0 Å². The molecular formula is C14H21N3. The van der Waals surface area contributed by atoms with Crippen LogP contribution in [0.2, 0.25) is 0 Å². The Morgan fingerprint density at radius 2 is 2.12 bits per heavy atom. The molecule has 2 aromatic rings. The van der Waals surface area contributed by atoms with Crippen LogP contribution in [0.1, 0.15) is 13.3 Å². The van der Waals surface area contributed by atoms with Crippen LogP contribution in [0.3, 0.4) is 0 Å². The summed E-state index contributed by atoms with van der Waals surface area (Å²) in [4.78, 5) is 5.61. The molecule has 1 heterocycles. The molecule has 0 aliphatic rings. The van der Waals surface area contributed by atoms with Gasteiger partial charge in [-0.2, -0.15) is 0 Å². The Labute approximate surface area is 103 Å². The summed E-state index contributed by atoms with van der Waals surface area (Å²) in [6, 6.07) is 8.40. The van der Waals surface area contributed by atoms with Gasteiger partial charge in [-0.25, -0.2) is 0 Å². The minimum atomic E-state index is 0.624. The third kappa shape index (κ3) is 2.61. The van der Waals surface area contributed by atoms with Crippen molar-refractivity contribution in [2.45, 2.75) is 13.3 Å². The van der Waals surface area contributed by atoms with Crippen LogP contribution in [0.5, 0.6) is 0 Å². The summed E-state index contributed by atoms with van der Waals surface area (Å²) in [5.74, 6) is 0.624. The molecule has 3 N–H and O–H groups in total. The van der Waals surface area contributed by atoms with Gasteiger partial charge in [-0.3, -0.25) is 0 Å². The zero-order chi connectivity index (χ0) is 12.3. The third-order valence-corrected chi connectivity index (χ3v) is 3.22. The maximum atomic E-state index is 5.59. The molecule has 3 heteroatoms. The first kappa shape index (κ1) is 12.0. The molecule has 0 saturated carbocycles. The van der Waals surface area contributed by atoms with Gasteiger partial charge in [-0.05, 0) is 24.9 Å². The van der Waals surface area contributed by atoms with Crippen molar-refractivity contribution >= 4 is 16.6 Å². The zero-order valence-corrected chi connectivity index (χ0v) is 10.6. The average Bonchev–Trinajstić information content (AvgIpc) is 2.72. The van der Waals surface area contributed by atoms with Gasteiger partial charge in [0.15, 0.2) is 0 Å². The number of nitrogens with zero attached hydrogens (tertiary/aromatic N) is 1. The number of nitrogens with two attached hydrogens (primary N) is 1. The molecule has 3 nitrogen and oxygen atoms in total. The second-order valence-electron chi connectivity index (χ2n) is 4.78. The lowest BCUT2D eigenvalue weighted by Gasteiger charge is -2.22. The highest BCUT2D eigenvalue weighted by Gasteiger charge is 2.10. The van der Waals surface area contributed by atoms with Crippen molar-refractivity contribution in [1.82, 2.24) is 4.98 Å². The van der Waals surface area contributed by atoms with Crippen molar-refractivity contribution in [1.29, 1.82) is 0 Å². The summed E-state index contributed by atoms with van der Waals surface area (Å²) in [6.45, 7) is 4.06. The Balaban J connectivity index is 2.16. The molecule has 0 bridgehead atoms. The summed E-state index contributed by atoms with van der Waals surface area (Å²) in [5, 5.41) is 1.29. The predicted octanol–water partition coefficient (Wildman–Crippen LogP) is 2.59. The Bertz CT molecular complexity index is 475. The van der Waals surface area contributed by atoms with Gasteiger partial charge >= 0.3 is 0 Å². The van der Waals surface area contributed by atoms with E-state index in [1.54, 1.807) is 0 Å². The van der Waals surface area contributed by atoms with Crippen molar-refractivity contribution in [2.24, 2.45) is 11.7 Å². The summed E-state index contributed by atoms with van der Waals surface area (Å²) < 4.78 is 0. The second kappa shape index (κ2) is 5.23. The molecule has 0 aliphatic heterocycles. The van der Waals surface area contributed by atoms with Crippen LogP contribution in [-0.4, -0.2) is 25.1 Å². The van der Waals surface area contributed by atoms with Crippen LogP contribution < -0.4 is 10.6 Å². The molecule has 92 valence electrons. The van der Waals surface area contributed by atoms with E-state index in [4.69, 9.17) is 5.73 Å². The second-order valence-corrected chi connectivity index (χ2v) is 4.78. The van der Waals surface area contributed by atoms with Gasteiger partial charge in [-0.1, -0.05) is 25.1 Å². The van der Waals surface area contributed by atoms with Crippen LogP contribution in [0, 0.1) is 5.92 Å². The number of H-pyrrole nitrogens is 1. The Morgan fingerprint density at radius 3 is 2.88 bits per heavy atom. The number of aromatic nitrogens is 1. The zero-order valence-electron chi connectivity index (χ0n) is 10.6. The van der Waals surface area contributed by atoms with Crippen molar-refractivity contribution in [3.8, 4) is 0 Å². The van der Waals surface area contributed by atoms with Gasteiger partial charge in [-0.15, -0.1) is 0 Å². The largest absolute Gasteiger partial charge is 0.373 e. The summed E-state index contributed by atoms with van der Waals surface area (Å²) in [6.07, 6.45) is 3.16. The highest BCUT2D eigenvalue weighted by atomic mass is 15.1. The van der Waals surface area contributed by atoms with E-state index in [1.807, 2.05) is 0 Å². The van der Waals surface area contributed by atoms with Gasteiger partial charge < -0.3 is 15.6 Å². The van der Waals surface area contributed by atoms with Crippen molar-refractivity contribution < 1.29 is 0 Å². The SMILES string of the molecule is CC(CCN)CN(C)c1c[nH]c2ccccc12. The number of benzene rings is 1. The monoisotopic (exact) mass is 231 g/mol. The minimum Gasteiger partial charge on any atom is -0.373 e. The van der Waals surface area contributed by atoms with Gasteiger partial charge in [0.2, 0.25) is 0 Å². The maximum absolute atomic E-state index is 5.59. The fourth-order valence-corrected chi connectivity index (χ4v) is 2.31. The van der Waals surface area contributed by atoms with Gasteiger partial charge in [0, 0.05) is 30.7 Å². The molecule has 0 spiro atoms. The highest BCUT2D eigenvalue weighted by Crippen LogP contribution is 2.26. The van der Waals surface area contributed by atoms with E-state index in [1.165, 1.54) is 16.6 Å². The average molecular weight is 231 g/mol. The fraction of sp³-hybridized carbons (Fsp3) is 0.429. The third-order valence-electron chi connectivity index (χ3n) is 3.22. The quantitative estimate of drug-likeness (QED) is 0.830. The van der Waals surface area contributed by atoms with Gasteiger partial charge in [0.05, 0.1) is 5.69 Å². The molecular weight excluding hydrogens is 210 g/mol. The fourth-order valence-electron chi connectivity index (χ4n) is 2.31. The maximum Gasteiger partial charge on any atom is 0.0621 e. The molecule has 1 unspecified atom stereocenters. The molecule has 17 heavy (non-hydrogen) atoms. The van der Waals surface area contributed by atoms with Crippen molar-refractivity contribution in [3.05, 3.63) is 30.5 Å². The van der Waals surface area contributed by atoms with E-state index in [2.05, 4.69) is 54.3 Å². The smallest absolute Gasteiger partial charge is 0.0621 e. The van der Waals surface area contributed by atoms with Crippen LogP contribution in [-0.2, 0) is 0 Å². The molecule has 0 saturated heterocycles. The molecule has 2 rings (SSSR count). The number of aromatic amines is 1. The number of hydrogen-bond acceptors (Lipinski definition) is 2.